The molecule has 3 nitrogen and oxygen atoms in total. The van der Waals surface area contributed by atoms with Crippen molar-refractivity contribution in [2.45, 2.75) is 6.10 Å². The molecule has 0 aliphatic carbocycles. The quantitative estimate of drug-likeness (QED) is 0.703. The summed E-state index contributed by atoms with van der Waals surface area (Å²) in [5, 5.41) is 11.3. The van der Waals surface area contributed by atoms with Gasteiger partial charge in [-0.25, -0.2) is 0 Å². The van der Waals surface area contributed by atoms with Gasteiger partial charge in [-0.15, -0.1) is 0 Å². The molecule has 0 aliphatic rings. The van der Waals surface area contributed by atoms with Gasteiger partial charge in [0.15, 0.2) is 4.67 Å². The molecule has 0 amide bonds. The summed E-state index contributed by atoms with van der Waals surface area (Å²) >= 11 is 6.59. The van der Waals surface area contributed by atoms with Crippen LogP contribution in [0.4, 0.5) is 0 Å². The topological polar surface area (TPSA) is 49.2 Å². The van der Waals surface area contributed by atoms with Gasteiger partial charge in [0.1, 0.15) is 11.9 Å². The Morgan fingerprint density at radius 3 is 2.72 bits per heavy atom. The van der Waals surface area contributed by atoms with Gasteiger partial charge < -0.3 is 14.5 Å². The molecule has 1 atom stereocenters. The highest BCUT2D eigenvalue weighted by Gasteiger charge is 2.17. The molecular formula is C13H9Br2NO2. The van der Waals surface area contributed by atoms with Crippen LogP contribution in [-0.2, 0) is 0 Å². The fourth-order valence-electron chi connectivity index (χ4n) is 1.90. The van der Waals surface area contributed by atoms with Gasteiger partial charge in [0.05, 0.1) is 4.47 Å². The molecule has 1 aromatic carbocycles. The molecule has 0 saturated carbocycles. The normalized spacial score (nSPS) is 13.1. The maximum absolute atomic E-state index is 10.3. The van der Waals surface area contributed by atoms with Crippen LogP contribution in [0.2, 0.25) is 0 Å². The molecule has 2 heterocycles. The summed E-state index contributed by atoms with van der Waals surface area (Å²) in [6.45, 7) is 0. The average Bonchev–Trinajstić information content (AvgIpc) is 2.95. The smallest absolute Gasteiger partial charge is 0.183 e. The maximum Gasteiger partial charge on any atom is 0.183 e. The third-order valence-electron chi connectivity index (χ3n) is 2.83. The Bertz CT molecular complexity index is 682. The standard InChI is InChI=1S/C13H9Br2NO2/c14-9-6-11(18-13(9)15)12(17)8-1-2-10-7(5-8)3-4-16-10/h1-6,12,16-17H. The number of halogens is 2. The zero-order valence-corrected chi connectivity index (χ0v) is 12.3. The Hall–Kier alpha value is -1.04. The summed E-state index contributed by atoms with van der Waals surface area (Å²) in [6, 6.07) is 9.51. The lowest BCUT2D eigenvalue weighted by molar-refractivity contribution is 0.188. The van der Waals surface area contributed by atoms with Crippen LogP contribution in [0.25, 0.3) is 10.9 Å². The highest BCUT2D eigenvalue weighted by Crippen LogP contribution is 2.33. The van der Waals surface area contributed by atoms with Crippen LogP contribution in [0.5, 0.6) is 0 Å². The van der Waals surface area contributed by atoms with E-state index in [1.165, 1.54) is 0 Å². The predicted octanol–water partition coefficient (Wildman–Crippen LogP) is 4.37. The Kier molecular flexibility index (Phi) is 3.05. The van der Waals surface area contributed by atoms with E-state index in [2.05, 4.69) is 36.8 Å². The van der Waals surface area contributed by atoms with Crippen molar-refractivity contribution in [1.82, 2.24) is 4.98 Å². The number of aliphatic hydroxyl groups excluding tert-OH is 1. The minimum Gasteiger partial charge on any atom is -0.450 e. The number of H-pyrrole nitrogens is 1. The molecule has 0 aliphatic heterocycles. The molecule has 0 fully saturated rings. The van der Waals surface area contributed by atoms with Crippen LogP contribution in [0.3, 0.4) is 0 Å². The van der Waals surface area contributed by atoms with E-state index < -0.39 is 6.10 Å². The van der Waals surface area contributed by atoms with Crippen LogP contribution in [0, 0.1) is 0 Å². The van der Waals surface area contributed by atoms with Crippen molar-refractivity contribution in [3.05, 3.63) is 57.0 Å². The summed E-state index contributed by atoms with van der Waals surface area (Å²) in [4.78, 5) is 3.12. The third kappa shape index (κ3) is 2.02. The Balaban J connectivity index is 2.02. The molecule has 0 radical (unpaired) electrons. The largest absolute Gasteiger partial charge is 0.450 e. The zero-order chi connectivity index (χ0) is 12.7. The number of furan rings is 1. The monoisotopic (exact) mass is 369 g/mol. The highest BCUT2D eigenvalue weighted by molar-refractivity contribution is 9.13. The second-order valence-corrected chi connectivity index (χ2v) is 5.57. The molecule has 5 heteroatoms. The first-order valence-corrected chi connectivity index (χ1v) is 6.93. The molecule has 92 valence electrons. The first-order valence-electron chi connectivity index (χ1n) is 5.35. The predicted molar refractivity (Wildman–Crippen MR) is 76.5 cm³/mol. The molecule has 0 spiro atoms. The van der Waals surface area contributed by atoms with Crippen molar-refractivity contribution < 1.29 is 9.52 Å². The number of aromatic nitrogens is 1. The number of aliphatic hydroxyl groups is 1. The van der Waals surface area contributed by atoms with Crippen molar-refractivity contribution in [2.75, 3.05) is 0 Å². The molecular weight excluding hydrogens is 362 g/mol. The van der Waals surface area contributed by atoms with E-state index in [0.717, 1.165) is 20.9 Å². The van der Waals surface area contributed by atoms with Crippen molar-refractivity contribution >= 4 is 42.8 Å². The first kappa shape index (κ1) is 12.0. The van der Waals surface area contributed by atoms with E-state index in [-0.39, 0.29) is 0 Å². The fourth-order valence-corrected chi connectivity index (χ4v) is 2.51. The number of rotatable bonds is 2. The van der Waals surface area contributed by atoms with E-state index in [1.54, 1.807) is 6.07 Å². The third-order valence-corrected chi connectivity index (χ3v) is 4.54. The molecule has 2 aromatic heterocycles. The van der Waals surface area contributed by atoms with Gasteiger partial charge in [0.25, 0.3) is 0 Å². The van der Waals surface area contributed by atoms with E-state index in [9.17, 15) is 5.11 Å². The Labute approximate surface area is 120 Å². The second kappa shape index (κ2) is 4.57. The lowest BCUT2D eigenvalue weighted by Crippen LogP contribution is -1.97. The number of benzene rings is 1. The van der Waals surface area contributed by atoms with E-state index in [0.29, 0.717) is 10.4 Å². The molecule has 18 heavy (non-hydrogen) atoms. The molecule has 3 rings (SSSR count). The summed E-state index contributed by atoms with van der Waals surface area (Å²) in [6.07, 6.45) is 1.10. The van der Waals surface area contributed by atoms with Gasteiger partial charge in [0.2, 0.25) is 0 Å². The first-order chi connectivity index (χ1) is 8.65. The van der Waals surface area contributed by atoms with Crippen LogP contribution in [0.15, 0.2) is 50.1 Å². The minimum absolute atomic E-state index is 0.503. The van der Waals surface area contributed by atoms with Gasteiger partial charge in [-0.05, 0) is 67.1 Å². The number of fused-ring (bicyclic) bond motifs is 1. The molecule has 2 N–H and O–H groups in total. The Morgan fingerprint density at radius 2 is 2.00 bits per heavy atom. The van der Waals surface area contributed by atoms with Crippen molar-refractivity contribution in [3.63, 3.8) is 0 Å². The number of hydrogen-bond acceptors (Lipinski definition) is 2. The molecule has 0 saturated heterocycles. The lowest BCUT2D eigenvalue weighted by atomic mass is 10.1. The van der Waals surface area contributed by atoms with E-state index >= 15 is 0 Å². The second-order valence-electron chi connectivity index (χ2n) is 4.00. The summed E-state index contributed by atoms with van der Waals surface area (Å²) in [5.74, 6) is 0.503. The van der Waals surface area contributed by atoms with Gasteiger partial charge in [-0.1, -0.05) is 6.07 Å². The zero-order valence-electron chi connectivity index (χ0n) is 9.15. The van der Waals surface area contributed by atoms with Gasteiger partial charge >= 0.3 is 0 Å². The van der Waals surface area contributed by atoms with Crippen LogP contribution in [-0.4, -0.2) is 10.1 Å². The average molecular weight is 371 g/mol. The summed E-state index contributed by atoms with van der Waals surface area (Å²) in [5.41, 5.74) is 1.85. The maximum atomic E-state index is 10.3. The van der Waals surface area contributed by atoms with E-state index in [1.807, 2.05) is 30.5 Å². The van der Waals surface area contributed by atoms with E-state index in [4.69, 9.17) is 4.42 Å². The SMILES string of the molecule is OC(c1ccc2[nH]ccc2c1)c1cc(Br)c(Br)o1. The van der Waals surface area contributed by atoms with Crippen molar-refractivity contribution in [2.24, 2.45) is 0 Å². The highest BCUT2D eigenvalue weighted by atomic mass is 79.9. The van der Waals surface area contributed by atoms with Gasteiger partial charge in [-0.3, -0.25) is 0 Å². The lowest BCUT2D eigenvalue weighted by Gasteiger charge is -2.07. The number of nitrogens with one attached hydrogen (secondary N) is 1. The summed E-state index contributed by atoms with van der Waals surface area (Å²) < 4.78 is 6.81. The van der Waals surface area contributed by atoms with Crippen LogP contribution >= 0.6 is 31.9 Å². The van der Waals surface area contributed by atoms with Gasteiger partial charge in [0, 0.05) is 11.7 Å². The summed E-state index contributed by atoms with van der Waals surface area (Å²) in [7, 11) is 0. The van der Waals surface area contributed by atoms with Crippen molar-refractivity contribution in [1.29, 1.82) is 0 Å². The van der Waals surface area contributed by atoms with Crippen molar-refractivity contribution in [3.8, 4) is 0 Å². The Morgan fingerprint density at radius 1 is 1.17 bits per heavy atom. The molecule has 1 unspecified atom stereocenters. The number of aromatic amines is 1. The fraction of sp³-hybridized carbons (Fsp3) is 0.0769. The molecule has 0 bridgehead atoms. The molecule has 3 aromatic rings. The number of hydrogen-bond donors (Lipinski definition) is 2. The van der Waals surface area contributed by atoms with Crippen LogP contribution in [0.1, 0.15) is 17.4 Å². The minimum atomic E-state index is -0.771. The van der Waals surface area contributed by atoms with Crippen LogP contribution < -0.4 is 0 Å². The van der Waals surface area contributed by atoms with Gasteiger partial charge in [-0.2, -0.15) is 0 Å².